The summed E-state index contributed by atoms with van der Waals surface area (Å²) in [6.07, 6.45) is 5.07. The van der Waals surface area contributed by atoms with Crippen molar-refractivity contribution in [2.24, 2.45) is 12.0 Å². The Hall–Kier alpha value is -1.69. The number of aromatic nitrogens is 4. The zero-order chi connectivity index (χ0) is 20.2. The Balaban J connectivity index is 0.00000256. The molecule has 1 saturated heterocycles. The smallest absolute Gasteiger partial charge is 0.194 e. The number of aryl methyl sites for hydroxylation is 2. The summed E-state index contributed by atoms with van der Waals surface area (Å²) in [6, 6.07) is 2.55. The van der Waals surface area contributed by atoms with Crippen molar-refractivity contribution in [1.82, 2.24) is 35.0 Å². The quantitative estimate of drug-likeness (QED) is 0.362. The van der Waals surface area contributed by atoms with Crippen LogP contribution in [-0.2, 0) is 20.1 Å². The molecule has 166 valence electrons. The summed E-state index contributed by atoms with van der Waals surface area (Å²) < 4.78 is 7.20. The van der Waals surface area contributed by atoms with E-state index in [9.17, 15) is 0 Å². The summed E-state index contributed by atoms with van der Waals surface area (Å²) in [7, 11) is 1.99. The minimum Gasteiger partial charge on any atom is -0.361 e. The molecule has 0 amide bonds. The second kappa shape index (κ2) is 10.6. The van der Waals surface area contributed by atoms with E-state index in [0.717, 1.165) is 61.8 Å². The maximum atomic E-state index is 5.20. The first-order valence-corrected chi connectivity index (χ1v) is 10.6. The molecule has 2 fully saturated rings. The Kier molecular flexibility index (Phi) is 8.09. The summed E-state index contributed by atoms with van der Waals surface area (Å²) in [4.78, 5) is 9.73. The second-order valence-electron chi connectivity index (χ2n) is 8.18. The van der Waals surface area contributed by atoms with E-state index in [-0.39, 0.29) is 24.0 Å². The zero-order valence-electron chi connectivity index (χ0n) is 18.2. The van der Waals surface area contributed by atoms with Crippen LogP contribution in [0.3, 0.4) is 0 Å². The van der Waals surface area contributed by atoms with Crippen LogP contribution in [0.2, 0.25) is 0 Å². The standard InChI is InChI=1S/C20H32N8O.HI/c1-15-12-18(25-29-15)14-27-8-10-28(11-9-27)20(22-17-6-4-5-7-17)21-13-19-24-23-16(2)26(19)3;/h12,17H,4-11,13-14H2,1-3H3,(H,21,22);1H. The van der Waals surface area contributed by atoms with Gasteiger partial charge in [0.25, 0.3) is 0 Å². The topological polar surface area (TPSA) is 87.6 Å². The Labute approximate surface area is 195 Å². The Morgan fingerprint density at radius 2 is 1.90 bits per heavy atom. The van der Waals surface area contributed by atoms with Gasteiger partial charge >= 0.3 is 0 Å². The number of hydrogen-bond acceptors (Lipinski definition) is 6. The highest BCUT2D eigenvalue weighted by molar-refractivity contribution is 14.0. The van der Waals surface area contributed by atoms with Crippen molar-refractivity contribution >= 4 is 29.9 Å². The van der Waals surface area contributed by atoms with E-state index < -0.39 is 0 Å². The molecule has 0 aromatic carbocycles. The fourth-order valence-electron chi connectivity index (χ4n) is 4.06. The van der Waals surface area contributed by atoms with Gasteiger partial charge in [0.2, 0.25) is 0 Å². The Bertz CT molecular complexity index is 834. The molecule has 0 unspecified atom stereocenters. The highest BCUT2D eigenvalue weighted by Gasteiger charge is 2.24. The molecule has 4 rings (SSSR count). The lowest BCUT2D eigenvalue weighted by molar-refractivity contribution is 0.168. The first kappa shape index (κ1) is 23.0. The number of nitrogens with zero attached hydrogens (tertiary/aromatic N) is 7. The van der Waals surface area contributed by atoms with Crippen molar-refractivity contribution in [1.29, 1.82) is 0 Å². The minimum absolute atomic E-state index is 0. The number of nitrogens with one attached hydrogen (secondary N) is 1. The van der Waals surface area contributed by atoms with Crippen molar-refractivity contribution in [3.05, 3.63) is 29.2 Å². The molecule has 0 spiro atoms. The van der Waals surface area contributed by atoms with Crippen molar-refractivity contribution in [2.45, 2.75) is 58.7 Å². The molecule has 1 aliphatic carbocycles. The van der Waals surface area contributed by atoms with E-state index in [0.29, 0.717) is 12.6 Å². The van der Waals surface area contributed by atoms with Crippen LogP contribution in [0.4, 0.5) is 0 Å². The SMILES string of the molecule is Cc1cc(CN2CCN(C(=NCc3nnc(C)n3C)NC3CCCC3)CC2)no1.I. The van der Waals surface area contributed by atoms with E-state index >= 15 is 0 Å². The largest absolute Gasteiger partial charge is 0.361 e. The number of hydrogen-bond donors (Lipinski definition) is 1. The van der Waals surface area contributed by atoms with Crippen molar-refractivity contribution in [3.63, 3.8) is 0 Å². The van der Waals surface area contributed by atoms with Crippen LogP contribution in [0.25, 0.3) is 0 Å². The molecule has 1 saturated carbocycles. The van der Waals surface area contributed by atoms with Crippen LogP contribution in [0.15, 0.2) is 15.6 Å². The van der Waals surface area contributed by atoms with Crippen molar-refractivity contribution in [3.8, 4) is 0 Å². The monoisotopic (exact) mass is 528 g/mol. The van der Waals surface area contributed by atoms with Gasteiger partial charge in [0, 0.05) is 51.9 Å². The summed E-state index contributed by atoms with van der Waals surface area (Å²) in [5, 5.41) is 16.3. The van der Waals surface area contributed by atoms with E-state index in [4.69, 9.17) is 9.52 Å². The van der Waals surface area contributed by atoms with Crippen molar-refractivity contribution < 1.29 is 4.52 Å². The van der Waals surface area contributed by atoms with Crippen LogP contribution < -0.4 is 5.32 Å². The molecular weight excluding hydrogens is 495 g/mol. The van der Waals surface area contributed by atoms with Crippen LogP contribution in [0.5, 0.6) is 0 Å². The van der Waals surface area contributed by atoms with E-state index in [2.05, 4.69) is 30.5 Å². The van der Waals surface area contributed by atoms with Gasteiger partial charge in [0.05, 0.1) is 5.69 Å². The normalized spacial score (nSPS) is 18.6. The van der Waals surface area contributed by atoms with Gasteiger partial charge in [-0.05, 0) is 26.7 Å². The summed E-state index contributed by atoms with van der Waals surface area (Å²) in [5.41, 5.74) is 1.01. The fraction of sp³-hybridized carbons (Fsp3) is 0.700. The Morgan fingerprint density at radius 1 is 1.17 bits per heavy atom. The van der Waals surface area contributed by atoms with Crippen LogP contribution >= 0.6 is 24.0 Å². The number of aliphatic imine (C=N–C) groups is 1. The minimum atomic E-state index is 0. The lowest BCUT2D eigenvalue weighted by Gasteiger charge is -2.37. The third kappa shape index (κ3) is 5.71. The van der Waals surface area contributed by atoms with E-state index in [1.54, 1.807) is 0 Å². The van der Waals surface area contributed by atoms with Gasteiger partial charge in [-0.3, -0.25) is 4.90 Å². The van der Waals surface area contributed by atoms with Crippen LogP contribution in [0.1, 0.15) is 48.8 Å². The molecule has 0 atom stereocenters. The second-order valence-corrected chi connectivity index (χ2v) is 8.18. The number of piperazine rings is 1. The summed E-state index contributed by atoms with van der Waals surface area (Å²) >= 11 is 0. The molecule has 10 heteroatoms. The van der Waals surface area contributed by atoms with Gasteiger partial charge < -0.3 is 19.3 Å². The van der Waals surface area contributed by atoms with Crippen molar-refractivity contribution in [2.75, 3.05) is 26.2 Å². The fourth-order valence-corrected chi connectivity index (χ4v) is 4.06. The summed E-state index contributed by atoms with van der Waals surface area (Å²) in [6.45, 7) is 9.16. The third-order valence-corrected chi connectivity index (χ3v) is 5.98. The third-order valence-electron chi connectivity index (χ3n) is 5.98. The molecule has 2 aromatic heterocycles. The maximum Gasteiger partial charge on any atom is 0.194 e. The molecule has 1 aliphatic heterocycles. The van der Waals surface area contributed by atoms with Gasteiger partial charge in [-0.25, -0.2) is 4.99 Å². The van der Waals surface area contributed by atoms with Gasteiger partial charge in [-0.2, -0.15) is 0 Å². The zero-order valence-corrected chi connectivity index (χ0v) is 20.5. The number of halogens is 1. The highest BCUT2D eigenvalue weighted by Crippen LogP contribution is 2.18. The average molecular weight is 528 g/mol. The van der Waals surface area contributed by atoms with E-state index in [1.807, 2.05) is 31.5 Å². The molecule has 3 heterocycles. The number of guanidine groups is 1. The average Bonchev–Trinajstić information content (AvgIpc) is 3.44. The van der Waals surface area contributed by atoms with E-state index in [1.165, 1.54) is 25.7 Å². The maximum absolute atomic E-state index is 5.20. The van der Waals surface area contributed by atoms with Gasteiger partial charge in [0.15, 0.2) is 11.8 Å². The van der Waals surface area contributed by atoms with Gasteiger partial charge in [-0.1, -0.05) is 18.0 Å². The lowest BCUT2D eigenvalue weighted by Crippen LogP contribution is -2.53. The van der Waals surface area contributed by atoms with Gasteiger partial charge in [-0.15, -0.1) is 34.2 Å². The van der Waals surface area contributed by atoms with Gasteiger partial charge in [0.1, 0.15) is 18.1 Å². The first-order valence-electron chi connectivity index (χ1n) is 10.6. The molecule has 9 nitrogen and oxygen atoms in total. The molecule has 1 N–H and O–H groups in total. The molecule has 2 aliphatic rings. The lowest BCUT2D eigenvalue weighted by atomic mass is 10.2. The van der Waals surface area contributed by atoms with Crippen LogP contribution in [-0.4, -0.2) is 67.9 Å². The number of rotatable bonds is 5. The predicted molar refractivity (Wildman–Crippen MR) is 126 cm³/mol. The van der Waals surface area contributed by atoms with Crippen LogP contribution in [0, 0.1) is 13.8 Å². The molecule has 30 heavy (non-hydrogen) atoms. The first-order chi connectivity index (χ1) is 14.1. The highest BCUT2D eigenvalue weighted by atomic mass is 127. The predicted octanol–water partition coefficient (Wildman–Crippen LogP) is 2.24. The molecule has 0 bridgehead atoms. The molecule has 0 radical (unpaired) electrons. The Morgan fingerprint density at radius 3 is 2.50 bits per heavy atom. The molecule has 2 aromatic rings. The molecular formula is C20H33IN8O. The summed E-state index contributed by atoms with van der Waals surface area (Å²) in [5.74, 6) is 3.69.